The van der Waals surface area contributed by atoms with Crippen LogP contribution in [-0.2, 0) is 16.7 Å². The molecule has 0 fully saturated rings. The summed E-state index contributed by atoms with van der Waals surface area (Å²) in [6, 6.07) is 40.8. The number of hydrogen-bond acceptors (Lipinski definition) is 7. The number of aromatic nitrogens is 1. The molecule has 0 saturated heterocycles. The Hall–Kier alpha value is -5.48. The third-order valence-corrected chi connectivity index (χ3v) is 10.6. The quantitative estimate of drug-likeness (QED) is 0.112. The molecule has 6 aromatic carbocycles. The smallest absolute Gasteiger partial charge is 0.268 e. The molecule has 0 amide bonds. The monoisotopic (exact) mass is 682 g/mol. The highest BCUT2D eigenvalue weighted by molar-refractivity contribution is 7.86. The SMILES string of the molecule is O=S(=O)([O-])c1ccc(OCCN2C(=Cc3sc4ccc5ccccc5c4[n+]3CC=Cc3ccccc3)Oc3ccccc32)c2ccccc12. The number of nitrogens with zero attached hydrogens (tertiary/aromatic N) is 2. The second-order valence-corrected chi connectivity index (χ2v) is 14.0. The van der Waals surface area contributed by atoms with Gasteiger partial charge in [-0.05, 0) is 53.4 Å². The molecular formula is C40H30N2O5S2. The lowest BCUT2D eigenvalue weighted by Crippen LogP contribution is -2.35. The van der Waals surface area contributed by atoms with Crippen LogP contribution in [0.25, 0.3) is 43.9 Å². The zero-order valence-corrected chi connectivity index (χ0v) is 27.9. The molecule has 49 heavy (non-hydrogen) atoms. The van der Waals surface area contributed by atoms with Crippen molar-refractivity contribution < 1.29 is 27.0 Å². The largest absolute Gasteiger partial charge is 0.744 e. The van der Waals surface area contributed by atoms with Crippen LogP contribution in [0.3, 0.4) is 0 Å². The lowest BCUT2D eigenvalue weighted by molar-refractivity contribution is -0.657. The number of rotatable bonds is 9. The van der Waals surface area contributed by atoms with E-state index < -0.39 is 10.1 Å². The van der Waals surface area contributed by atoms with Gasteiger partial charge in [-0.3, -0.25) is 0 Å². The fourth-order valence-corrected chi connectivity index (χ4v) is 8.15. The molecule has 0 radical (unpaired) electrons. The standard InChI is InChI=1S/C40H30N2O5S2/c43-49(44,45)37-23-21-34(31-16-6-7-17-32(31)37)46-26-25-41-33-18-8-9-19-35(33)47-38(41)27-39-42(24-10-13-28-11-2-1-3-12-28)40-30-15-5-4-14-29(30)20-22-36(40)48-39/h1-23,27H,24-26H2. The first-order valence-corrected chi connectivity index (χ1v) is 18.1. The van der Waals surface area contributed by atoms with Gasteiger partial charge in [0.05, 0.1) is 28.6 Å². The topological polar surface area (TPSA) is 82.8 Å². The minimum atomic E-state index is -4.64. The molecule has 1 aliphatic rings. The zero-order chi connectivity index (χ0) is 33.4. The lowest BCUT2D eigenvalue weighted by Gasteiger charge is -2.19. The molecule has 9 heteroatoms. The van der Waals surface area contributed by atoms with Gasteiger partial charge < -0.3 is 18.9 Å². The molecule has 1 aromatic heterocycles. The van der Waals surface area contributed by atoms with Crippen molar-refractivity contribution in [3.8, 4) is 11.5 Å². The highest BCUT2D eigenvalue weighted by Crippen LogP contribution is 2.40. The summed E-state index contributed by atoms with van der Waals surface area (Å²) in [5.41, 5.74) is 3.25. The van der Waals surface area contributed by atoms with Crippen molar-refractivity contribution in [1.29, 1.82) is 0 Å². The molecule has 0 spiro atoms. The highest BCUT2D eigenvalue weighted by Gasteiger charge is 2.29. The van der Waals surface area contributed by atoms with E-state index in [0.717, 1.165) is 22.0 Å². The Labute approximate surface area is 288 Å². The van der Waals surface area contributed by atoms with E-state index in [0.29, 0.717) is 35.5 Å². The summed E-state index contributed by atoms with van der Waals surface area (Å²) in [6.45, 7) is 1.40. The van der Waals surface area contributed by atoms with Crippen LogP contribution in [0.1, 0.15) is 10.6 Å². The van der Waals surface area contributed by atoms with Gasteiger partial charge in [-0.2, -0.15) is 4.57 Å². The number of allylic oxidation sites excluding steroid dienone is 1. The molecule has 0 aliphatic carbocycles. The lowest BCUT2D eigenvalue weighted by atomic mass is 10.1. The molecule has 7 nitrogen and oxygen atoms in total. The third kappa shape index (κ3) is 6.04. The first-order valence-electron chi connectivity index (χ1n) is 15.9. The first-order chi connectivity index (χ1) is 23.9. The number of benzene rings is 6. The Kier molecular flexibility index (Phi) is 8.09. The second-order valence-electron chi connectivity index (χ2n) is 11.6. The molecular weight excluding hydrogens is 653 g/mol. The predicted molar refractivity (Wildman–Crippen MR) is 195 cm³/mol. The molecule has 0 saturated carbocycles. The van der Waals surface area contributed by atoms with E-state index >= 15 is 0 Å². The van der Waals surface area contributed by atoms with Crippen LogP contribution in [0.15, 0.2) is 144 Å². The first kappa shape index (κ1) is 30.8. The van der Waals surface area contributed by atoms with Crippen molar-refractivity contribution in [2.75, 3.05) is 18.1 Å². The fraction of sp³-hybridized carbons (Fsp3) is 0.0750. The number of para-hydroxylation sites is 2. The minimum absolute atomic E-state index is 0.259. The Morgan fingerprint density at radius 3 is 2.37 bits per heavy atom. The maximum Gasteiger partial charge on any atom is 0.268 e. The van der Waals surface area contributed by atoms with E-state index in [2.05, 4.69) is 76.2 Å². The van der Waals surface area contributed by atoms with Crippen LogP contribution in [0, 0.1) is 0 Å². The maximum absolute atomic E-state index is 11.9. The van der Waals surface area contributed by atoms with Crippen LogP contribution in [-0.4, -0.2) is 26.1 Å². The van der Waals surface area contributed by atoms with E-state index in [-0.39, 0.29) is 11.5 Å². The van der Waals surface area contributed by atoms with Crippen molar-refractivity contribution in [3.05, 3.63) is 150 Å². The second kappa shape index (κ2) is 12.9. The van der Waals surface area contributed by atoms with E-state index in [4.69, 9.17) is 9.47 Å². The third-order valence-electron chi connectivity index (χ3n) is 8.58. The molecule has 8 rings (SSSR count). The van der Waals surface area contributed by atoms with Gasteiger partial charge in [0.25, 0.3) is 5.01 Å². The van der Waals surface area contributed by atoms with E-state index in [1.807, 2.05) is 42.5 Å². The summed E-state index contributed by atoms with van der Waals surface area (Å²) in [6.07, 6.45) is 6.43. The molecule has 0 N–H and O–H groups in total. The number of anilines is 1. The van der Waals surface area contributed by atoms with Gasteiger partial charge in [0.2, 0.25) is 11.4 Å². The highest BCUT2D eigenvalue weighted by atomic mass is 32.2. The number of ether oxygens (including phenoxy) is 2. The molecule has 2 heterocycles. The normalized spacial score (nSPS) is 13.9. The van der Waals surface area contributed by atoms with E-state index in [1.54, 1.807) is 41.7 Å². The maximum atomic E-state index is 11.9. The number of thiazole rings is 1. The van der Waals surface area contributed by atoms with Crippen LogP contribution in [0.4, 0.5) is 5.69 Å². The van der Waals surface area contributed by atoms with Gasteiger partial charge in [0.1, 0.15) is 27.2 Å². The Balaban J connectivity index is 1.15. The summed E-state index contributed by atoms with van der Waals surface area (Å²) in [5.74, 6) is 1.94. The van der Waals surface area contributed by atoms with Gasteiger partial charge in [-0.1, -0.05) is 108 Å². The number of hydrogen-bond donors (Lipinski definition) is 0. The van der Waals surface area contributed by atoms with Crippen molar-refractivity contribution in [1.82, 2.24) is 0 Å². The fourth-order valence-electron chi connectivity index (χ4n) is 6.35. The predicted octanol–water partition coefficient (Wildman–Crippen LogP) is 8.39. The van der Waals surface area contributed by atoms with Crippen molar-refractivity contribution in [2.45, 2.75) is 11.4 Å². The molecule has 1 aliphatic heterocycles. The van der Waals surface area contributed by atoms with Crippen LogP contribution < -0.4 is 18.9 Å². The van der Waals surface area contributed by atoms with Gasteiger partial charge in [0, 0.05) is 10.8 Å². The van der Waals surface area contributed by atoms with Crippen molar-refractivity contribution in [3.63, 3.8) is 0 Å². The van der Waals surface area contributed by atoms with Gasteiger partial charge in [-0.15, -0.1) is 0 Å². The van der Waals surface area contributed by atoms with Gasteiger partial charge in [0.15, 0.2) is 12.3 Å². The van der Waals surface area contributed by atoms with Crippen LogP contribution >= 0.6 is 11.3 Å². The average molecular weight is 683 g/mol. The van der Waals surface area contributed by atoms with Crippen LogP contribution in [0.2, 0.25) is 0 Å². The van der Waals surface area contributed by atoms with Crippen molar-refractivity contribution in [2.24, 2.45) is 0 Å². The van der Waals surface area contributed by atoms with Gasteiger partial charge in [-0.25, -0.2) is 8.42 Å². The molecule has 7 aromatic rings. The summed E-state index contributed by atoms with van der Waals surface area (Å²) < 4.78 is 51.9. The van der Waals surface area contributed by atoms with E-state index in [1.165, 1.54) is 27.1 Å². The molecule has 242 valence electrons. The molecule has 0 bridgehead atoms. The number of fused-ring (bicyclic) bond motifs is 5. The zero-order valence-electron chi connectivity index (χ0n) is 26.2. The van der Waals surface area contributed by atoms with Gasteiger partial charge >= 0.3 is 0 Å². The Morgan fingerprint density at radius 2 is 1.53 bits per heavy atom. The summed E-state index contributed by atoms with van der Waals surface area (Å²) in [5, 5.41) is 4.32. The Bertz CT molecular complexity index is 2520. The van der Waals surface area contributed by atoms with Crippen molar-refractivity contribution >= 4 is 71.1 Å². The Morgan fingerprint density at radius 1 is 0.796 bits per heavy atom. The minimum Gasteiger partial charge on any atom is -0.744 e. The van der Waals surface area contributed by atoms with Crippen LogP contribution in [0.5, 0.6) is 11.5 Å². The van der Waals surface area contributed by atoms with E-state index in [9.17, 15) is 13.0 Å². The molecule has 0 unspecified atom stereocenters. The summed E-state index contributed by atoms with van der Waals surface area (Å²) in [4.78, 5) is 1.84. The summed E-state index contributed by atoms with van der Waals surface area (Å²) in [7, 11) is -4.64. The molecule has 0 atom stereocenters. The summed E-state index contributed by atoms with van der Waals surface area (Å²) >= 11 is 1.72. The average Bonchev–Trinajstić information content (AvgIpc) is 3.65.